The molecule has 0 bridgehead atoms. The Morgan fingerprint density at radius 1 is 1.38 bits per heavy atom. The van der Waals surface area contributed by atoms with E-state index in [9.17, 15) is 4.79 Å². The van der Waals surface area contributed by atoms with Crippen LogP contribution < -0.4 is 5.32 Å². The minimum absolute atomic E-state index is 0.0874. The fourth-order valence-corrected chi connectivity index (χ4v) is 3.64. The minimum atomic E-state index is -0.136. The molecule has 2 amide bonds. The maximum Gasteiger partial charge on any atom is 0.317 e. The van der Waals surface area contributed by atoms with Crippen molar-refractivity contribution in [2.75, 3.05) is 13.6 Å². The van der Waals surface area contributed by atoms with Crippen LogP contribution >= 0.6 is 11.3 Å². The quantitative estimate of drug-likeness (QED) is 0.688. The number of benzene rings is 1. The number of aryl methyl sites for hydroxylation is 2. The zero-order valence-electron chi connectivity index (χ0n) is 15.7. The Labute approximate surface area is 157 Å². The topological polar surface area (TPSA) is 73.9 Å². The van der Waals surface area contributed by atoms with Crippen molar-refractivity contribution in [2.45, 2.75) is 39.7 Å². The molecule has 2 heterocycles. The van der Waals surface area contributed by atoms with Gasteiger partial charge in [-0.2, -0.15) is 0 Å². The summed E-state index contributed by atoms with van der Waals surface area (Å²) in [6.07, 6.45) is 1.59. The van der Waals surface area contributed by atoms with Crippen LogP contribution in [-0.2, 0) is 6.42 Å². The lowest BCUT2D eigenvalue weighted by atomic mass is 10.2. The van der Waals surface area contributed by atoms with Crippen LogP contribution in [0.25, 0.3) is 11.0 Å². The fourth-order valence-electron chi connectivity index (χ4n) is 2.87. The molecule has 0 unspecified atom stereocenters. The van der Waals surface area contributed by atoms with Crippen molar-refractivity contribution in [2.24, 2.45) is 0 Å². The molecule has 0 saturated carbocycles. The van der Waals surface area contributed by atoms with E-state index in [1.165, 1.54) is 10.4 Å². The van der Waals surface area contributed by atoms with E-state index in [2.05, 4.69) is 33.3 Å². The van der Waals surface area contributed by atoms with E-state index >= 15 is 0 Å². The second-order valence-corrected chi connectivity index (χ2v) is 7.52. The third-order valence-electron chi connectivity index (χ3n) is 4.56. The van der Waals surface area contributed by atoms with Gasteiger partial charge in [-0.25, -0.2) is 14.8 Å². The summed E-state index contributed by atoms with van der Waals surface area (Å²) in [5.41, 5.74) is 6.01. The SMILES string of the molecule is CC[C@@H](NC(=O)N(C)CCc1scnc1C)c1nc2ccc(C)cc2[nH]1. The molecule has 138 valence electrons. The Kier molecular flexibility index (Phi) is 5.56. The summed E-state index contributed by atoms with van der Waals surface area (Å²) in [5, 5.41) is 3.08. The van der Waals surface area contributed by atoms with E-state index in [1.807, 2.05) is 38.5 Å². The number of urea groups is 1. The zero-order chi connectivity index (χ0) is 18.7. The van der Waals surface area contributed by atoms with Gasteiger partial charge in [0.1, 0.15) is 5.82 Å². The molecule has 0 aliphatic carbocycles. The maximum atomic E-state index is 12.6. The molecule has 3 rings (SSSR count). The van der Waals surface area contributed by atoms with Crippen LogP contribution in [0.4, 0.5) is 4.79 Å². The smallest absolute Gasteiger partial charge is 0.317 e. The number of carbonyl (C=O) groups is 1. The summed E-state index contributed by atoms with van der Waals surface area (Å²) in [5.74, 6) is 0.799. The van der Waals surface area contributed by atoms with Gasteiger partial charge in [0, 0.05) is 24.9 Å². The second kappa shape index (κ2) is 7.86. The highest BCUT2D eigenvalue weighted by Crippen LogP contribution is 2.20. The molecule has 0 aliphatic rings. The first kappa shape index (κ1) is 18.4. The van der Waals surface area contributed by atoms with Crippen molar-refractivity contribution in [1.82, 2.24) is 25.2 Å². The van der Waals surface area contributed by atoms with Gasteiger partial charge in [-0.05, 0) is 38.0 Å². The highest BCUT2D eigenvalue weighted by atomic mass is 32.1. The molecule has 2 aromatic heterocycles. The number of nitrogens with zero attached hydrogens (tertiary/aromatic N) is 3. The Hall–Kier alpha value is -2.41. The zero-order valence-corrected chi connectivity index (χ0v) is 16.5. The molecule has 0 aliphatic heterocycles. The van der Waals surface area contributed by atoms with Crippen LogP contribution in [0.1, 0.15) is 41.3 Å². The molecule has 0 saturated heterocycles. The van der Waals surface area contributed by atoms with Crippen molar-refractivity contribution in [3.05, 3.63) is 45.7 Å². The monoisotopic (exact) mass is 371 g/mol. The van der Waals surface area contributed by atoms with Crippen LogP contribution in [0, 0.1) is 13.8 Å². The lowest BCUT2D eigenvalue weighted by molar-refractivity contribution is 0.204. The highest BCUT2D eigenvalue weighted by molar-refractivity contribution is 7.09. The number of imidazole rings is 1. The third kappa shape index (κ3) is 4.04. The standard InChI is InChI=1S/C19H25N5OS/c1-5-14(18-21-15-7-6-12(2)10-16(15)22-18)23-19(25)24(4)9-8-17-13(3)20-11-26-17/h6-7,10-11,14H,5,8-9H2,1-4H3,(H,21,22)(H,23,25)/t14-/m1/s1. The van der Waals surface area contributed by atoms with Gasteiger partial charge in [0.05, 0.1) is 28.3 Å². The molecule has 26 heavy (non-hydrogen) atoms. The molecule has 6 nitrogen and oxygen atoms in total. The van der Waals surface area contributed by atoms with Gasteiger partial charge in [-0.1, -0.05) is 13.0 Å². The van der Waals surface area contributed by atoms with Crippen molar-refractivity contribution in [3.63, 3.8) is 0 Å². The predicted molar refractivity (Wildman–Crippen MR) is 106 cm³/mol. The third-order valence-corrected chi connectivity index (χ3v) is 5.55. The number of fused-ring (bicyclic) bond motifs is 1. The normalized spacial score (nSPS) is 12.3. The predicted octanol–water partition coefficient (Wildman–Crippen LogP) is 3.97. The van der Waals surface area contributed by atoms with Gasteiger partial charge in [0.25, 0.3) is 0 Å². The van der Waals surface area contributed by atoms with Gasteiger partial charge in [-0.15, -0.1) is 11.3 Å². The van der Waals surface area contributed by atoms with Crippen molar-refractivity contribution in [3.8, 4) is 0 Å². The molecule has 0 fully saturated rings. The Morgan fingerprint density at radius 2 is 2.19 bits per heavy atom. The van der Waals surface area contributed by atoms with Gasteiger partial charge < -0.3 is 15.2 Å². The number of H-pyrrole nitrogens is 1. The molecular weight excluding hydrogens is 346 g/mol. The van der Waals surface area contributed by atoms with Crippen molar-refractivity contribution in [1.29, 1.82) is 0 Å². The Balaban J connectivity index is 1.64. The summed E-state index contributed by atoms with van der Waals surface area (Å²) in [4.78, 5) is 27.7. The highest BCUT2D eigenvalue weighted by Gasteiger charge is 2.19. The fraction of sp³-hybridized carbons (Fsp3) is 0.421. The molecular formula is C19H25N5OS. The number of likely N-dealkylation sites (N-methyl/N-ethyl adjacent to an activating group) is 1. The minimum Gasteiger partial charge on any atom is -0.340 e. The van der Waals surface area contributed by atoms with E-state index in [-0.39, 0.29) is 12.1 Å². The number of rotatable bonds is 6. The summed E-state index contributed by atoms with van der Waals surface area (Å²) in [6, 6.07) is 5.90. The van der Waals surface area contributed by atoms with Crippen LogP contribution in [0.5, 0.6) is 0 Å². The Morgan fingerprint density at radius 3 is 2.88 bits per heavy atom. The molecule has 0 spiro atoms. The van der Waals surface area contributed by atoms with Crippen LogP contribution in [0.2, 0.25) is 0 Å². The second-order valence-electron chi connectivity index (χ2n) is 6.59. The number of carbonyl (C=O) groups excluding carboxylic acids is 1. The summed E-state index contributed by atoms with van der Waals surface area (Å²) in [6.45, 7) is 6.76. The summed E-state index contributed by atoms with van der Waals surface area (Å²) < 4.78 is 0. The number of hydrogen-bond acceptors (Lipinski definition) is 4. The van der Waals surface area contributed by atoms with Gasteiger partial charge >= 0.3 is 6.03 Å². The summed E-state index contributed by atoms with van der Waals surface area (Å²) in [7, 11) is 1.82. The maximum absolute atomic E-state index is 12.6. The first-order valence-electron chi connectivity index (χ1n) is 8.84. The number of aromatic amines is 1. The van der Waals surface area contributed by atoms with E-state index in [1.54, 1.807) is 16.2 Å². The van der Waals surface area contributed by atoms with E-state index in [0.29, 0.717) is 6.54 Å². The van der Waals surface area contributed by atoms with Gasteiger partial charge in [0.15, 0.2) is 0 Å². The average Bonchev–Trinajstić information content (AvgIpc) is 3.22. The number of nitrogens with one attached hydrogen (secondary N) is 2. The largest absolute Gasteiger partial charge is 0.340 e. The number of amides is 2. The van der Waals surface area contributed by atoms with Crippen molar-refractivity contribution < 1.29 is 4.79 Å². The van der Waals surface area contributed by atoms with E-state index in [4.69, 9.17) is 0 Å². The number of thiazole rings is 1. The van der Waals surface area contributed by atoms with E-state index < -0.39 is 0 Å². The molecule has 1 aromatic carbocycles. The first-order chi connectivity index (χ1) is 12.5. The van der Waals surface area contributed by atoms with Crippen LogP contribution in [0.15, 0.2) is 23.7 Å². The molecule has 3 aromatic rings. The lowest BCUT2D eigenvalue weighted by Crippen LogP contribution is -2.40. The van der Waals surface area contributed by atoms with Gasteiger partial charge in [0.2, 0.25) is 0 Å². The molecule has 7 heteroatoms. The molecule has 0 radical (unpaired) electrons. The first-order valence-corrected chi connectivity index (χ1v) is 9.72. The van der Waals surface area contributed by atoms with E-state index in [0.717, 1.165) is 35.4 Å². The molecule has 1 atom stereocenters. The lowest BCUT2D eigenvalue weighted by Gasteiger charge is -2.21. The number of hydrogen-bond donors (Lipinski definition) is 2. The van der Waals surface area contributed by atoms with Crippen LogP contribution in [0.3, 0.4) is 0 Å². The number of aromatic nitrogens is 3. The summed E-state index contributed by atoms with van der Waals surface area (Å²) >= 11 is 1.64. The molecule has 2 N–H and O–H groups in total. The van der Waals surface area contributed by atoms with Crippen LogP contribution in [-0.4, -0.2) is 39.5 Å². The van der Waals surface area contributed by atoms with Crippen molar-refractivity contribution >= 4 is 28.4 Å². The Bertz CT molecular complexity index is 900. The average molecular weight is 372 g/mol. The van der Waals surface area contributed by atoms with Gasteiger partial charge in [-0.3, -0.25) is 0 Å².